The van der Waals surface area contributed by atoms with Gasteiger partial charge in [0.25, 0.3) is 0 Å². The van der Waals surface area contributed by atoms with Crippen LogP contribution in [-0.4, -0.2) is 58.2 Å². The van der Waals surface area contributed by atoms with Crippen LogP contribution in [0.3, 0.4) is 0 Å². The van der Waals surface area contributed by atoms with Crippen LogP contribution in [0.2, 0.25) is 0 Å². The molecule has 0 saturated carbocycles. The average Bonchev–Trinajstić information content (AvgIpc) is 2.75. The minimum atomic E-state index is -0.966. The smallest absolute Gasteiger partial charge is 0.339 e. The molecule has 6 heteroatoms. The molecule has 2 fully saturated rings. The maximum Gasteiger partial charge on any atom is 0.339 e. The van der Waals surface area contributed by atoms with Crippen LogP contribution in [0, 0.1) is 6.92 Å². The lowest BCUT2D eigenvalue weighted by molar-refractivity contribution is 0.0695. The van der Waals surface area contributed by atoms with Gasteiger partial charge in [-0.05, 0) is 32.7 Å². The number of anilines is 1. The van der Waals surface area contributed by atoms with Gasteiger partial charge in [-0.3, -0.25) is 4.90 Å². The maximum absolute atomic E-state index is 11.0. The van der Waals surface area contributed by atoms with E-state index in [1.54, 1.807) is 6.92 Å². The van der Waals surface area contributed by atoms with Gasteiger partial charge >= 0.3 is 5.97 Å². The van der Waals surface area contributed by atoms with Crippen molar-refractivity contribution in [3.05, 3.63) is 17.5 Å². The third-order valence-corrected chi connectivity index (χ3v) is 4.28. The Bertz CT molecular complexity index is 520. The molecule has 20 heavy (non-hydrogen) atoms. The highest BCUT2D eigenvalue weighted by Gasteiger charge is 2.29. The molecule has 0 aromatic carbocycles. The van der Waals surface area contributed by atoms with E-state index < -0.39 is 5.97 Å². The van der Waals surface area contributed by atoms with Crippen LogP contribution < -0.4 is 4.90 Å². The van der Waals surface area contributed by atoms with Gasteiger partial charge < -0.3 is 10.0 Å². The molecule has 0 spiro atoms. The lowest BCUT2D eigenvalue weighted by Crippen LogP contribution is -2.37. The Morgan fingerprint density at radius 1 is 1.35 bits per heavy atom. The molecule has 1 aromatic heterocycles. The minimum Gasteiger partial charge on any atom is -0.478 e. The Labute approximate surface area is 118 Å². The van der Waals surface area contributed by atoms with Crippen molar-refractivity contribution in [2.45, 2.75) is 32.2 Å². The number of aromatic carboxylic acids is 1. The summed E-state index contributed by atoms with van der Waals surface area (Å²) in [5.74, 6) is -0.298. The van der Waals surface area contributed by atoms with Crippen molar-refractivity contribution in [3.8, 4) is 0 Å². The highest BCUT2D eigenvalue weighted by Crippen LogP contribution is 2.23. The van der Waals surface area contributed by atoms with Crippen LogP contribution in [0.25, 0.3) is 0 Å². The van der Waals surface area contributed by atoms with E-state index in [9.17, 15) is 4.79 Å². The summed E-state index contributed by atoms with van der Waals surface area (Å²) in [5, 5.41) is 9.03. The van der Waals surface area contributed by atoms with Crippen molar-refractivity contribution in [1.82, 2.24) is 14.9 Å². The number of carbonyl (C=O) groups is 1. The van der Waals surface area contributed by atoms with Crippen LogP contribution >= 0.6 is 0 Å². The van der Waals surface area contributed by atoms with E-state index in [0.717, 1.165) is 26.1 Å². The van der Waals surface area contributed by atoms with E-state index in [-0.39, 0.29) is 5.56 Å². The van der Waals surface area contributed by atoms with Gasteiger partial charge in [0, 0.05) is 31.9 Å². The third kappa shape index (κ3) is 2.47. The van der Waals surface area contributed by atoms with Gasteiger partial charge in [-0.15, -0.1) is 0 Å². The van der Waals surface area contributed by atoms with Crippen LogP contribution in [0.1, 0.15) is 35.3 Å². The molecule has 0 aliphatic carbocycles. The van der Waals surface area contributed by atoms with Crippen molar-refractivity contribution in [2.24, 2.45) is 0 Å². The molecule has 0 bridgehead atoms. The Morgan fingerprint density at radius 3 is 2.90 bits per heavy atom. The molecule has 0 radical (unpaired) electrons. The fourth-order valence-electron chi connectivity index (χ4n) is 3.21. The first-order valence-electron chi connectivity index (χ1n) is 7.21. The molecule has 1 N–H and O–H groups in total. The lowest BCUT2D eigenvalue weighted by atomic mass is 10.2. The summed E-state index contributed by atoms with van der Waals surface area (Å²) in [5.41, 5.74) is 0.723. The van der Waals surface area contributed by atoms with Crippen molar-refractivity contribution < 1.29 is 9.90 Å². The Balaban J connectivity index is 1.81. The highest BCUT2D eigenvalue weighted by atomic mass is 16.4. The van der Waals surface area contributed by atoms with E-state index in [2.05, 4.69) is 19.8 Å². The van der Waals surface area contributed by atoms with Crippen LogP contribution in [-0.2, 0) is 0 Å². The Morgan fingerprint density at radius 2 is 2.15 bits per heavy atom. The van der Waals surface area contributed by atoms with Crippen molar-refractivity contribution in [3.63, 3.8) is 0 Å². The zero-order valence-corrected chi connectivity index (χ0v) is 11.7. The number of aryl methyl sites for hydroxylation is 1. The minimum absolute atomic E-state index is 0.186. The molecular formula is C14H20N4O2. The fraction of sp³-hybridized carbons (Fsp3) is 0.643. The van der Waals surface area contributed by atoms with Gasteiger partial charge in [-0.25, -0.2) is 14.8 Å². The van der Waals surface area contributed by atoms with E-state index in [1.807, 2.05) is 0 Å². The van der Waals surface area contributed by atoms with Gasteiger partial charge in [0.05, 0.1) is 11.3 Å². The van der Waals surface area contributed by atoms with Gasteiger partial charge in [0.15, 0.2) is 0 Å². The molecule has 3 heterocycles. The van der Waals surface area contributed by atoms with Crippen molar-refractivity contribution >= 4 is 11.9 Å². The molecular weight excluding hydrogens is 256 g/mol. The van der Waals surface area contributed by atoms with E-state index in [4.69, 9.17) is 5.11 Å². The average molecular weight is 276 g/mol. The van der Waals surface area contributed by atoms with E-state index >= 15 is 0 Å². The number of hydrogen-bond acceptors (Lipinski definition) is 5. The topological polar surface area (TPSA) is 69.6 Å². The normalized spacial score (nSPS) is 23.4. The molecule has 1 aromatic rings. The number of carboxylic acids is 1. The van der Waals surface area contributed by atoms with Crippen LogP contribution in [0.15, 0.2) is 6.20 Å². The van der Waals surface area contributed by atoms with Gasteiger partial charge in [0.2, 0.25) is 5.95 Å². The standard InChI is InChI=1S/C14H20N4O2/c1-10-12(13(19)20)8-15-14(16-10)18-7-3-6-17-5-2-4-11(17)9-18/h8,11H,2-7,9H2,1H3,(H,19,20). The SMILES string of the molecule is Cc1nc(N2CCCN3CCCC3C2)ncc1C(=O)O. The Kier molecular flexibility index (Phi) is 3.56. The molecule has 1 unspecified atom stereocenters. The van der Waals surface area contributed by atoms with Crippen molar-refractivity contribution in [2.75, 3.05) is 31.1 Å². The van der Waals surface area contributed by atoms with Gasteiger partial charge in [0.1, 0.15) is 0 Å². The third-order valence-electron chi connectivity index (χ3n) is 4.28. The van der Waals surface area contributed by atoms with Crippen LogP contribution in [0.4, 0.5) is 5.95 Å². The number of hydrogen-bond donors (Lipinski definition) is 1. The lowest BCUT2D eigenvalue weighted by Gasteiger charge is -2.25. The fourth-order valence-corrected chi connectivity index (χ4v) is 3.21. The molecule has 2 saturated heterocycles. The quantitative estimate of drug-likeness (QED) is 0.874. The zero-order chi connectivity index (χ0) is 14.1. The number of nitrogens with zero attached hydrogens (tertiary/aromatic N) is 4. The number of carboxylic acid groups (broad SMARTS) is 1. The predicted molar refractivity (Wildman–Crippen MR) is 75.2 cm³/mol. The molecule has 1 atom stereocenters. The van der Waals surface area contributed by atoms with E-state index in [1.165, 1.54) is 25.6 Å². The molecule has 3 rings (SSSR count). The molecule has 0 amide bonds. The number of fused-ring (bicyclic) bond motifs is 1. The highest BCUT2D eigenvalue weighted by molar-refractivity contribution is 5.88. The molecule has 2 aliphatic rings. The summed E-state index contributed by atoms with van der Waals surface area (Å²) in [6.07, 6.45) is 5.05. The second kappa shape index (κ2) is 5.36. The van der Waals surface area contributed by atoms with Crippen molar-refractivity contribution in [1.29, 1.82) is 0 Å². The first-order chi connectivity index (χ1) is 9.65. The Hall–Kier alpha value is -1.69. The zero-order valence-electron chi connectivity index (χ0n) is 11.7. The first kappa shape index (κ1) is 13.3. The maximum atomic E-state index is 11.0. The van der Waals surface area contributed by atoms with Gasteiger partial charge in [-0.1, -0.05) is 0 Å². The van der Waals surface area contributed by atoms with E-state index in [0.29, 0.717) is 17.7 Å². The largest absolute Gasteiger partial charge is 0.478 e. The summed E-state index contributed by atoms with van der Waals surface area (Å²) in [4.78, 5) is 24.4. The van der Waals surface area contributed by atoms with Crippen LogP contribution in [0.5, 0.6) is 0 Å². The van der Waals surface area contributed by atoms with Gasteiger partial charge in [-0.2, -0.15) is 0 Å². The molecule has 6 nitrogen and oxygen atoms in total. The molecule has 108 valence electrons. The summed E-state index contributed by atoms with van der Waals surface area (Å²) >= 11 is 0. The summed E-state index contributed by atoms with van der Waals surface area (Å²) < 4.78 is 0. The summed E-state index contributed by atoms with van der Waals surface area (Å²) in [6, 6.07) is 0.598. The second-order valence-corrected chi connectivity index (χ2v) is 5.61. The predicted octanol–water partition coefficient (Wildman–Crippen LogP) is 1.16. The number of aromatic nitrogens is 2. The molecule has 2 aliphatic heterocycles. The number of rotatable bonds is 2. The monoisotopic (exact) mass is 276 g/mol. The summed E-state index contributed by atoms with van der Waals surface area (Å²) in [7, 11) is 0. The summed E-state index contributed by atoms with van der Waals surface area (Å²) in [6.45, 7) is 5.97. The second-order valence-electron chi connectivity index (χ2n) is 5.61. The first-order valence-corrected chi connectivity index (χ1v) is 7.21.